The first-order valence-electron chi connectivity index (χ1n) is 6.40. The lowest BCUT2D eigenvalue weighted by Gasteiger charge is -2.21. The molecule has 1 aromatic carbocycles. The highest BCUT2D eigenvalue weighted by Gasteiger charge is 2.31. The van der Waals surface area contributed by atoms with Gasteiger partial charge in [0.1, 0.15) is 5.75 Å². The highest BCUT2D eigenvalue weighted by atomic mass is 19.4. The maximum absolute atomic E-state index is 12.2. The molecule has 1 rings (SSSR count). The first kappa shape index (κ1) is 15.8. The number of benzene rings is 1. The summed E-state index contributed by atoms with van der Waals surface area (Å²) in [4.78, 5) is 0. The van der Waals surface area contributed by atoms with Gasteiger partial charge in [0.2, 0.25) is 0 Å². The summed E-state index contributed by atoms with van der Waals surface area (Å²) in [6.45, 7) is 7.82. The van der Waals surface area contributed by atoms with Gasteiger partial charge in [0.25, 0.3) is 0 Å². The van der Waals surface area contributed by atoms with Crippen LogP contribution in [0, 0.1) is 5.92 Å². The third-order valence-corrected chi connectivity index (χ3v) is 3.19. The highest BCUT2D eigenvalue weighted by molar-refractivity contribution is 5.31. The quantitative estimate of drug-likeness (QED) is 0.849. The molecule has 2 nitrogen and oxygen atoms in total. The summed E-state index contributed by atoms with van der Waals surface area (Å²) in [5.41, 5.74) is 0.854. The van der Waals surface area contributed by atoms with Crippen LogP contribution < -0.4 is 10.1 Å². The van der Waals surface area contributed by atoms with Crippen molar-refractivity contribution in [1.82, 2.24) is 5.32 Å². The van der Waals surface area contributed by atoms with E-state index in [9.17, 15) is 13.2 Å². The van der Waals surface area contributed by atoms with Gasteiger partial charge in [-0.25, -0.2) is 0 Å². The molecular weight excluding hydrogens is 255 g/mol. The molecule has 0 aliphatic heterocycles. The number of hydrogen-bond acceptors (Lipinski definition) is 2. The Morgan fingerprint density at radius 2 is 1.95 bits per heavy atom. The van der Waals surface area contributed by atoms with Gasteiger partial charge in [0.05, 0.1) is 0 Å². The van der Waals surface area contributed by atoms with E-state index in [2.05, 4.69) is 17.0 Å². The summed E-state index contributed by atoms with van der Waals surface area (Å²) >= 11 is 0. The molecule has 0 radical (unpaired) electrons. The fraction of sp³-hybridized carbons (Fsp3) is 0.571. The van der Waals surface area contributed by atoms with Crippen molar-refractivity contribution in [3.05, 3.63) is 29.8 Å². The normalized spacial score (nSPS) is 15.1. The van der Waals surface area contributed by atoms with Crippen LogP contribution >= 0.6 is 0 Å². The van der Waals surface area contributed by atoms with Gasteiger partial charge in [-0.05, 0) is 42.6 Å². The summed E-state index contributed by atoms with van der Waals surface area (Å²) in [7, 11) is 0. The summed E-state index contributed by atoms with van der Waals surface area (Å²) in [6, 6.07) is 6.20. The molecule has 108 valence electrons. The molecule has 0 fully saturated rings. The zero-order chi connectivity index (χ0) is 14.5. The van der Waals surface area contributed by atoms with Crippen LogP contribution in [-0.4, -0.2) is 19.5 Å². The number of ether oxygens (including phenoxy) is 1. The Balaban J connectivity index is 2.75. The summed E-state index contributed by atoms with van der Waals surface area (Å²) < 4.78 is 40.4. The van der Waals surface area contributed by atoms with Crippen molar-refractivity contribution in [2.75, 3.05) is 13.1 Å². The van der Waals surface area contributed by atoms with Crippen LogP contribution in [0.5, 0.6) is 5.75 Å². The molecule has 0 aromatic heterocycles. The van der Waals surface area contributed by atoms with Crippen LogP contribution in [0.15, 0.2) is 24.3 Å². The molecule has 0 heterocycles. The average Bonchev–Trinajstić information content (AvgIpc) is 2.33. The minimum atomic E-state index is -4.64. The lowest BCUT2D eigenvalue weighted by atomic mass is 9.89. The van der Waals surface area contributed by atoms with Crippen LogP contribution in [0.4, 0.5) is 13.2 Å². The van der Waals surface area contributed by atoms with Crippen molar-refractivity contribution in [3.63, 3.8) is 0 Å². The first-order valence-corrected chi connectivity index (χ1v) is 6.40. The van der Waals surface area contributed by atoms with Gasteiger partial charge >= 0.3 is 6.36 Å². The molecule has 2 atom stereocenters. The highest BCUT2D eigenvalue weighted by Crippen LogP contribution is 2.29. The van der Waals surface area contributed by atoms with Crippen LogP contribution in [0.1, 0.15) is 32.3 Å². The van der Waals surface area contributed by atoms with E-state index >= 15 is 0 Å². The minimum Gasteiger partial charge on any atom is -0.406 e. The smallest absolute Gasteiger partial charge is 0.406 e. The number of alkyl halides is 3. The van der Waals surface area contributed by atoms with Crippen molar-refractivity contribution in [1.29, 1.82) is 0 Å². The van der Waals surface area contributed by atoms with Crippen molar-refractivity contribution < 1.29 is 17.9 Å². The Morgan fingerprint density at radius 3 is 2.53 bits per heavy atom. The van der Waals surface area contributed by atoms with Gasteiger partial charge in [-0.2, -0.15) is 0 Å². The number of rotatable bonds is 6. The Kier molecular flexibility index (Phi) is 5.66. The number of nitrogens with one attached hydrogen (secondary N) is 1. The average molecular weight is 275 g/mol. The summed E-state index contributed by atoms with van der Waals surface area (Å²) in [6.07, 6.45) is -4.64. The Labute approximate surface area is 112 Å². The lowest BCUT2D eigenvalue weighted by Crippen LogP contribution is -2.24. The van der Waals surface area contributed by atoms with E-state index in [4.69, 9.17) is 0 Å². The van der Waals surface area contributed by atoms with Gasteiger partial charge in [-0.3, -0.25) is 0 Å². The zero-order valence-corrected chi connectivity index (χ0v) is 11.4. The minimum absolute atomic E-state index is 0.160. The first-order chi connectivity index (χ1) is 8.83. The predicted octanol–water partition coefficient (Wildman–Crippen LogP) is 3.93. The van der Waals surface area contributed by atoms with E-state index < -0.39 is 6.36 Å². The Bertz CT molecular complexity index is 393. The molecule has 2 unspecified atom stereocenters. The van der Waals surface area contributed by atoms with Crippen molar-refractivity contribution >= 4 is 0 Å². The van der Waals surface area contributed by atoms with Gasteiger partial charge in [0, 0.05) is 0 Å². The third kappa shape index (κ3) is 5.51. The van der Waals surface area contributed by atoms with Crippen LogP contribution in [0.25, 0.3) is 0 Å². The summed E-state index contributed by atoms with van der Waals surface area (Å²) in [5.74, 6) is 0.337. The monoisotopic (exact) mass is 275 g/mol. The van der Waals surface area contributed by atoms with E-state index in [1.807, 2.05) is 19.9 Å². The van der Waals surface area contributed by atoms with Gasteiger partial charge in [-0.1, -0.05) is 32.9 Å². The second-order valence-corrected chi connectivity index (χ2v) is 4.69. The van der Waals surface area contributed by atoms with Gasteiger partial charge < -0.3 is 10.1 Å². The maximum Gasteiger partial charge on any atom is 0.573 e. The molecular formula is C14H20F3NO. The van der Waals surface area contributed by atoms with Crippen molar-refractivity contribution in [3.8, 4) is 5.75 Å². The van der Waals surface area contributed by atoms with E-state index in [-0.39, 0.29) is 11.7 Å². The molecule has 0 bridgehead atoms. The Hall–Kier alpha value is -1.23. The second kappa shape index (κ2) is 6.80. The van der Waals surface area contributed by atoms with E-state index in [0.29, 0.717) is 5.92 Å². The molecule has 0 saturated heterocycles. The molecule has 5 heteroatoms. The summed E-state index contributed by atoms with van der Waals surface area (Å²) in [5, 5.41) is 3.24. The zero-order valence-electron chi connectivity index (χ0n) is 11.4. The SMILES string of the molecule is CCNCC(C)C(C)c1cccc(OC(F)(F)F)c1. The fourth-order valence-corrected chi connectivity index (χ4v) is 1.87. The topological polar surface area (TPSA) is 21.3 Å². The van der Waals surface area contributed by atoms with Gasteiger partial charge in [-0.15, -0.1) is 13.2 Å². The molecule has 1 N–H and O–H groups in total. The molecule has 1 aromatic rings. The van der Waals surface area contributed by atoms with Crippen LogP contribution in [-0.2, 0) is 0 Å². The lowest BCUT2D eigenvalue weighted by molar-refractivity contribution is -0.274. The standard InChI is InChI=1S/C14H20F3NO/c1-4-18-9-10(2)11(3)12-6-5-7-13(8-12)19-14(15,16)17/h5-8,10-11,18H,4,9H2,1-3H3. The van der Waals surface area contributed by atoms with E-state index in [0.717, 1.165) is 18.7 Å². The van der Waals surface area contributed by atoms with E-state index in [1.54, 1.807) is 6.07 Å². The van der Waals surface area contributed by atoms with Crippen molar-refractivity contribution in [2.24, 2.45) is 5.92 Å². The number of hydrogen-bond donors (Lipinski definition) is 1. The fourth-order valence-electron chi connectivity index (χ4n) is 1.87. The van der Waals surface area contributed by atoms with Crippen molar-refractivity contribution in [2.45, 2.75) is 33.1 Å². The van der Waals surface area contributed by atoms with Crippen LogP contribution in [0.2, 0.25) is 0 Å². The molecule has 0 saturated carbocycles. The molecule has 19 heavy (non-hydrogen) atoms. The molecule has 0 amide bonds. The maximum atomic E-state index is 12.2. The number of halogens is 3. The molecule has 0 spiro atoms. The second-order valence-electron chi connectivity index (χ2n) is 4.69. The largest absolute Gasteiger partial charge is 0.573 e. The Morgan fingerprint density at radius 1 is 1.26 bits per heavy atom. The van der Waals surface area contributed by atoms with Crippen LogP contribution in [0.3, 0.4) is 0 Å². The third-order valence-electron chi connectivity index (χ3n) is 3.19. The molecule has 0 aliphatic rings. The predicted molar refractivity (Wildman–Crippen MR) is 69.2 cm³/mol. The molecule has 0 aliphatic carbocycles. The van der Waals surface area contributed by atoms with Gasteiger partial charge in [0.15, 0.2) is 0 Å². The van der Waals surface area contributed by atoms with E-state index in [1.165, 1.54) is 12.1 Å².